The summed E-state index contributed by atoms with van der Waals surface area (Å²) in [6.45, 7) is 2.17. The van der Waals surface area contributed by atoms with Gasteiger partial charge in [-0.3, -0.25) is 14.2 Å². The summed E-state index contributed by atoms with van der Waals surface area (Å²) in [4.78, 5) is 39.1. The summed E-state index contributed by atoms with van der Waals surface area (Å²) in [5.41, 5.74) is 0.251. The van der Waals surface area contributed by atoms with E-state index >= 15 is 0 Å². The Balaban J connectivity index is 1.73. The van der Waals surface area contributed by atoms with Gasteiger partial charge in [-0.05, 0) is 67.6 Å². The summed E-state index contributed by atoms with van der Waals surface area (Å²) in [7, 11) is 0. The van der Waals surface area contributed by atoms with Crippen molar-refractivity contribution in [3.63, 3.8) is 0 Å². The van der Waals surface area contributed by atoms with Gasteiger partial charge >= 0.3 is 5.69 Å². The molecule has 7 nitrogen and oxygen atoms in total. The fraction of sp³-hybridized carbons (Fsp3) is 0.125. The number of fused-ring (bicyclic) bond motifs is 1. The zero-order valence-corrected chi connectivity index (χ0v) is 18.0. The fourth-order valence-corrected chi connectivity index (χ4v) is 3.56. The maximum atomic E-state index is 13.3. The van der Waals surface area contributed by atoms with Crippen LogP contribution in [0, 0.1) is 0 Å². The van der Waals surface area contributed by atoms with Crippen LogP contribution < -0.4 is 21.3 Å². The lowest BCUT2D eigenvalue weighted by atomic mass is 10.2. The number of hydrogen-bond donors (Lipinski definition) is 1. The van der Waals surface area contributed by atoms with Gasteiger partial charge in [0.2, 0.25) is 5.91 Å². The van der Waals surface area contributed by atoms with Crippen molar-refractivity contribution < 1.29 is 9.53 Å². The van der Waals surface area contributed by atoms with Crippen molar-refractivity contribution >= 4 is 34.1 Å². The quantitative estimate of drug-likeness (QED) is 0.485. The molecule has 4 aromatic rings. The topological polar surface area (TPSA) is 82.3 Å². The number of benzene rings is 3. The molecular weight excluding hydrogens is 430 g/mol. The van der Waals surface area contributed by atoms with Gasteiger partial charge < -0.3 is 10.1 Å². The van der Waals surface area contributed by atoms with Gasteiger partial charge in [0, 0.05) is 10.7 Å². The Bertz CT molecular complexity index is 1390. The molecule has 0 atom stereocenters. The summed E-state index contributed by atoms with van der Waals surface area (Å²) in [5, 5.41) is 3.59. The first-order valence-electron chi connectivity index (χ1n) is 10.0. The number of ether oxygens (including phenoxy) is 1. The highest BCUT2D eigenvalue weighted by Crippen LogP contribution is 2.16. The molecule has 162 valence electrons. The van der Waals surface area contributed by atoms with Crippen LogP contribution in [0.1, 0.15) is 6.92 Å². The molecule has 0 unspecified atom stereocenters. The Morgan fingerprint density at radius 3 is 2.34 bits per heavy atom. The molecule has 32 heavy (non-hydrogen) atoms. The molecule has 0 fully saturated rings. The second kappa shape index (κ2) is 9.11. The van der Waals surface area contributed by atoms with E-state index in [9.17, 15) is 14.4 Å². The monoisotopic (exact) mass is 449 g/mol. The summed E-state index contributed by atoms with van der Waals surface area (Å²) >= 11 is 5.95. The van der Waals surface area contributed by atoms with Gasteiger partial charge in [0.05, 0.1) is 23.2 Å². The number of nitrogens with one attached hydrogen (secondary N) is 1. The summed E-state index contributed by atoms with van der Waals surface area (Å²) in [6, 6.07) is 20.0. The van der Waals surface area contributed by atoms with Crippen molar-refractivity contribution in [2.45, 2.75) is 13.5 Å². The number of anilines is 1. The van der Waals surface area contributed by atoms with E-state index in [0.29, 0.717) is 39.7 Å². The second-order valence-corrected chi connectivity index (χ2v) is 7.44. The van der Waals surface area contributed by atoms with Crippen molar-refractivity contribution in [1.82, 2.24) is 9.13 Å². The Morgan fingerprint density at radius 2 is 1.66 bits per heavy atom. The Labute approximate surface area is 188 Å². The largest absolute Gasteiger partial charge is 0.494 e. The Kier molecular flexibility index (Phi) is 6.09. The van der Waals surface area contributed by atoms with Crippen molar-refractivity contribution in [1.29, 1.82) is 0 Å². The lowest BCUT2D eigenvalue weighted by Gasteiger charge is -2.14. The van der Waals surface area contributed by atoms with Gasteiger partial charge in [0.25, 0.3) is 5.56 Å². The standard InChI is InChI=1S/C24H20ClN3O4/c1-2-32-19-13-9-17(10-14-19)26-22(29)15-27-21-6-4-3-5-20(21)23(30)28(24(27)31)18-11-7-16(25)8-12-18/h3-14H,2,15H2,1H3,(H,26,29). The van der Waals surface area contributed by atoms with Crippen LogP contribution in [0.4, 0.5) is 5.69 Å². The summed E-state index contributed by atoms with van der Waals surface area (Å²) < 4.78 is 7.73. The molecule has 1 N–H and O–H groups in total. The number of rotatable bonds is 6. The van der Waals surface area contributed by atoms with Crippen molar-refractivity contribution in [3.05, 3.63) is 98.7 Å². The van der Waals surface area contributed by atoms with Gasteiger partial charge in [-0.15, -0.1) is 0 Å². The normalized spacial score (nSPS) is 10.8. The third-order valence-electron chi connectivity index (χ3n) is 4.89. The highest BCUT2D eigenvalue weighted by molar-refractivity contribution is 6.30. The fourth-order valence-electron chi connectivity index (χ4n) is 3.44. The zero-order chi connectivity index (χ0) is 22.7. The van der Waals surface area contributed by atoms with Crippen molar-refractivity contribution in [3.8, 4) is 11.4 Å². The highest BCUT2D eigenvalue weighted by Gasteiger charge is 2.16. The minimum atomic E-state index is -0.613. The molecule has 4 rings (SSSR count). The molecule has 1 aromatic heterocycles. The molecule has 0 radical (unpaired) electrons. The van der Waals surface area contributed by atoms with Crippen LogP contribution in [-0.4, -0.2) is 21.6 Å². The van der Waals surface area contributed by atoms with E-state index in [1.54, 1.807) is 72.8 Å². The smallest absolute Gasteiger partial charge is 0.336 e. The molecule has 1 amide bonds. The number of carbonyl (C=O) groups is 1. The molecule has 8 heteroatoms. The van der Waals surface area contributed by atoms with Crippen LogP contribution >= 0.6 is 11.6 Å². The minimum absolute atomic E-state index is 0.263. The van der Waals surface area contributed by atoms with Crippen LogP contribution in [0.25, 0.3) is 16.6 Å². The second-order valence-electron chi connectivity index (χ2n) is 7.01. The lowest BCUT2D eigenvalue weighted by Crippen LogP contribution is -2.40. The van der Waals surface area contributed by atoms with E-state index in [0.717, 1.165) is 4.57 Å². The number of carbonyl (C=O) groups excluding carboxylic acids is 1. The molecular formula is C24H20ClN3O4. The average molecular weight is 450 g/mol. The predicted octanol–water partition coefficient (Wildman–Crippen LogP) is 3.84. The molecule has 3 aromatic carbocycles. The van der Waals surface area contributed by atoms with Crippen LogP contribution in [-0.2, 0) is 11.3 Å². The first-order chi connectivity index (χ1) is 15.5. The van der Waals surface area contributed by atoms with E-state index in [1.165, 1.54) is 4.57 Å². The molecule has 0 aliphatic carbocycles. The number of aromatic nitrogens is 2. The number of halogens is 1. The molecule has 0 saturated carbocycles. The average Bonchev–Trinajstić information content (AvgIpc) is 2.79. The molecule has 0 aliphatic heterocycles. The third kappa shape index (κ3) is 4.29. The van der Waals surface area contributed by atoms with Crippen molar-refractivity contribution in [2.24, 2.45) is 0 Å². The van der Waals surface area contributed by atoms with Crippen LogP contribution in [0.3, 0.4) is 0 Å². The first-order valence-corrected chi connectivity index (χ1v) is 10.4. The minimum Gasteiger partial charge on any atom is -0.494 e. The van der Waals surface area contributed by atoms with Crippen LogP contribution in [0.2, 0.25) is 5.02 Å². The summed E-state index contributed by atoms with van der Waals surface area (Å²) in [6.07, 6.45) is 0. The Morgan fingerprint density at radius 1 is 0.969 bits per heavy atom. The number of para-hydroxylation sites is 1. The molecule has 0 spiro atoms. The zero-order valence-electron chi connectivity index (χ0n) is 17.2. The molecule has 1 heterocycles. The van der Waals surface area contributed by atoms with Gasteiger partial charge in [0.15, 0.2) is 0 Å². The Hall–Kier alpha value is -3.84. The number of nitrogens with zero attached hydrogens (tertiary/aromatic N) is 2. The van der Waals surface area contributed by atoms with E-state index in [1.807, 2.05) is 6.92 Å². The molecule has 0 saturated heterocycles. The van der Waals surface area contributed by atoms with E-state index in [2.05, 4.69) is 5.32 Å². The van der Waals surface area contributed by atoms with E-state index in [-0.39, 0.29) is 6.54 Å². The number of amides is 1. The molecule has 0 aliphatic rings. The maximum Gasteiger partial charge on any atom is 0.336 e. The maximum absolute atomic E-state index is 13.3. The predicted molar refractivity (Wildman–Crippen MR) is 125 cm³/mol. The van der Waals surface area contributed by atoms with Gasteiger partial charge in [-0.25, -0.2) is 9.36 Å². The molecule has 0 bridgehead atoms. The van der Waals surface area contributed by atoms with Crippen molar-refractivity contribution in [2.75, 3.05) is 11.9 Å². The highest BCUT2D eigenvalue weighted by atomic mass is 35.5. The van der Waals surface area contributed by atoms with Gasteiger partial charge in [0.1, 0.15) is 12.3 Å². The van der Waals surface area contributed by atoms with Gasteiger partial charge in [-0.1, -0.05) is 23.7 Å². The SMILES string of the molecule is CCOc1ccc(NC(=O)Cn2c(=O)n(-c3ccc(Cl)cc3)c(=O)c3ccccc32)cc1. The van der Waals surface area contributed by atoms with Gasteiger partial charge in [-0.2, -0.15) is 0 Å². The van der Waals surface area contributed by atoms with E-state index < -0.39 is 17.2 Å². The van der Waals surface area contributed by atoms with E-state index in [4.69, 9.17) is 16.3 Å². The van der Waals surface area contributed by atoms with Crippen LogP contribution in [0.5, 0.6) is 5.75 Å². The van der Waals surface area contributed by atoms with Crippen LogP contribution in [0.15, 0.2) is 82.4 Å². The number of hydrogen-bond acceptors (Lipinski definition) is 4. The summed E-state index contributed by atoms with van der Waals surface area (Å²) in [5.74, 6) is 0.297. The first kappa shape index (κ1) is 21.4. The lowest BCUT2D eigenvalue weighted by molar-refractivity contribution is -0.116. The third-order valence-corrected chi connectivity index (χ3v) is 5.14.